The van der Waals surface area contributed by atoms with Crippen LogP contribution in [0.2, 0.25) is 0 Å². The Morgan fingerprint density at radius 1 is 1.53 bits per heavy atom. The summed E-state index contributed by atoms with van der Waals surface area (Å²) in [6.07, 6.45) is 0.863. The fraction of sp³-hybridized carbons (Fsp3) is 0.909. The summed E-state index contributed by atoms with van der Waals surface area (Å²) in [6, 6.07) is 0. The lowest BCUT2D eigenvalue weighted by Crippen LogP contribution is -2.57. The molecule has 1 aliphatic carbocycles. The molecule has 0 spiro atoms. The third kappa shape index (κ3) is 1.47. The Morgan fingerprint density at radius 2 is 2.13 bits per heavy atom. The van der Waals surface area contributed by atoms with Crippen LogP contribution in [0.3, 0.4) is 0 Å². The van der Waals surface area contributed by atoms with Gasteiger partial charge in [0.25, 0.3) is 0 Å². The van der Waals surface area contributed by atoms with Crippen molar-refractivity contribution in [3.63, 3.8) is 0 Å². The summed E-state index contributed by atoms with van der Waals surface area (Å²) in [6.45, 7) is 8.36. The van der Waals surface area contributed by atoms with Crippen LogP contribution in [0.5, 0.6) is 0 Å². The quantitative estimate of drug-likeness (QED) is 0.625. The highest BCUT2D eigenvalue weighted by atomic mass is 16.6. The molecule has 0 aromatic rings. The summed E-state index contributed by atoms with van der Waals surface area (Å²) in [7, 11) is 0. The van der Waals surface area contributed by atoms with E-state index in [0.29, 0.717) is 5.92 Å². The standard InChI is InChI=1S/C11H20N2O2/c1-9(2,3)15-8(14)11-5-7(11)6-13-10(11,4)12/h7,13H,5-6,12H2,1-4H3. The van der Waals surface area contributed by atoms with Crippen molar-refractivity contribution in [3.05, 3.63) is 0 Å². The second-order valence-corrected chi connectivity index (χ2v) is 5.96. The van der Waals surface area contributed by atoms with Gasteiger partial charge in [-0.15, -0.1) is 0 Å². The number of piperidine rings is 1. The highest BCUT2D eigenvalue weighted by Crippen LogP contribution is 2.62. The Morgan fingerprint density at radius 3 is 2.47 bits per heavy atom. The highest BCUT2D eigenvalue weighted by Gasteiger charge is 2.73. The second kappa shape index (κ2) is 2.74. The molecule has 0 aromatic carbocycles. The lowest BCUT2D eigenvalue weighted by atomic mass is 9.92. The van der Waals surface area contributed by atoms with Gasteiger partial charge in [-0.05, 0) is 40.0 Å². The molecule has 86 valence electrons. The molecule has 2 aliphatic rings. The normalized spacial score (nSPS) is 43.7. The van der Waals surface area contributed by atoms with Crippen molar-refractivity contribution in [2.75, 3.05) is 6.54 Å². The number of carbonyl (C=O) groups excluding carboxylic acids is 1. The predicted molar refractivity (Wildman–Crippen MR) is 57.0 cm³/mol. The SMILES string of the molecule is CC(C)(C)OC(=O)C12CC1CNC2(C)N. The van der Waals surface area contributed by atoms with Gasteiger partial charge in [0, 0.05) is 6.54 Å². The molecule has 0 bridgehead atoms. The van der Waals surface area contributed by atoms with Crippen molar-refractivity contribution in [1.29, 1.82) is 0 Å². The molecule has 0 amide bonds. The van der Waals surface area contributed by atoms with Crippen molar-refractivity contribution in [1.82, 2.24) is 5.32 Å². The topological polar surface area (TPSA) is 64.3 Å². The highest BCUT2D eigenvalue weighted by molar-refractivity contribution is 5.83. The van der Waals surface area contributed by atoms with E-state index in [9.17, 15) is 4.79 Å². The van der Waals surface area contributed by atoms with Gasteiger partial charge in [-0.1, -0.05) is 0 Å². The zero-order valence-electron chi connectivity index (χ0n) is 9.89. The molecule has 2 fully saturated rings. The first-order chi connectivity index (χ1) is 6.69. The van der Waals surface area contributed by atoms with Crippen molar-refractivity contribution >= 4 is 5.97 Å². The van der Waals surface area contributed by atoms with Crippen LogP contribution in [0, 0.1) is 11.3 Å². The van der Waals surface area contributed by atoms with E-state index in [0.717, 1.165) is 13.0 Å². The average Bonchev–Trinajstić information content (AvgIpc) is 2.67. The maximum Gasteiger partial charge on any atom is 0.316 e. The van der Waals surface area contributed by atoms with E-state index >= 15 is 0 Å². The van der Waals surface area contributed by atoms with Gasteiger partial charge in [0.05, 0.1) is 5.66 Å². The minimum Gasteiger partial charge on any atom is -0.459 e. The Kier molecular flexibility index (Phi) is 1.99. The van der Waals surface area contributed by atoms with Gasteiger partial charge in [-0.3, -0.25) is 10.1 Å². The van der Waals surface area contributed by atoms with E-state index in [1.807, 2.05) is 27.7 Å². The van der Waals surface area contributed by atoms with Crippen LogP contribution >= 0.6 is 0 Å². The number of hydrogen-bond acceptors (Lipinski definition) is 4. The maximum atomic E-state index is 12.1. The molecule has 4 heteroatoms. The Bertz CT molecular complexity index is 306. The third-order valence-electron chi connectivity index (χ3n) is 3.51. The number of carbonyl (C=O) groups is 1. The third-order valence-corrected chi connectivity index (χ3v) is 3.51. The summed E-state index contributed by atoms with van der Waals surface area (Å²) in [5.41, 5.74) is 4.59. The number of nitrogens with one attached hydrogen (secondary N) is 1. The van der Waals surface area contributed by atoms with Crippen molar-refractivity contribution in [3.8, 4) is 0 Å². The molecule has 0 radical (unpaired) electrons. The lowest BCUT2D eigenvalue weighted by molar-refractivity contribution is -0.164. The molecule has 4 nitrogen and oxygen atoms in total. The number of ether oxygens (including phenoxy) is 1. The van der Waals surface area contributed by atoms with E-state index in [1.54, 1.807) is 0 Å². The van der Waals surface area contributed by atoms with Crippen LogP contribution in [-0.4, -0.2) is 23.8 Å². The van der Waals surface area contributed by atoms with E-state index in [1.165, 1.54) is 0 Å². The average molecular weight is 212 g/mol. The Hall–Kier alpha value is -0.610. The number of hydrogen-bond donors (Lipinski definition) is 2. The second-order valence-electron chi connectivity index (χ2n) is 5.96. The van der Waals surface area contributed by atoms with E-state index in [-0.39, 0.29) is 5.97 Å². The Labute approximate surface area is 90.5 Å². The summed E-state index contributed by atoms with van der Waals surface area (Å²) in [5.74, 6) is 0.220. The first-order valence-electron chi connectivity index (χ1n) is 5.46. The monoisotopic (exact) mass is 212 g/mol. The molecule has 1 saturated carbocycles. The zero-order chi connectivity index (χ0) is 11.5. The molecule has 1 saturated heterocycles. The molecular weight excluding hydrogens is 192 g/mol. The molecule has 3 unspecified atom stereocenters. The maximum absolute atomic E-state index is 12.1. The van der Waals surface area contributed by atoms with Crippen LogP contribution in [0.15, 0.2) is 0 Å². The number of esters is 1. The van der Waals surface area contributed by atoms with Crippen LogP contribution < -0.4 is 11.1 Å². The van der Waals surface area contributed by atoms with E-state index < -0.39 is 16.7 Å². The number of rotatable bonds is 1. The lowest BCUT2D eigenvalue weighted by Gasteiger charge is -2.32. The number of nitrogens with two attached hydrogens (primary N) is 1. The van der Waals surface area contributed by atoms with Gasteiger partial charge in [0.1, 0.15) is 11.0 Å². The van der Waals surface area contributed by atoms with Gasteiger partial charge < -0.3 is 10.5 Å². The summed E-state index contributed by atoms with van der Waals surface area (Å²) in [5, 5.41) is 3.18. The zero-order valence-corrected chi connectivity index (χ0v) is 9.89. The van der Waals surface area contributed by atoms with Gasteiger partial charge >= 0.3 is 5.97 Å². The van der Waals surface area contributed by atoms with Crippen LogP contribution in [0.25, 0.3) is 0 Å². The Balaban J connectivity index is 2.15. The summed E-state index contributed by atoms with van der Waals surface area (Å²) < 4.78 is 5.44. The van der Waals surface area contributed by atoms with Crippen molar-refractivity contribution in [2.45, 2.75) is 45.4 Å². The molecule has 3 N–H and O–H groups in total. The molecule has 15 heavy (non-hydrogen) atoms. The number of fused-ring (bicyclic) bond motifs is 1. The van der Waals surface area contributed by atoms with E-state index in [4.69, 9.17) is 10.5 Å². The smallest absolute Gasteiger partial charge is 0.316 e. The van der Waals surface area contributed by atoms with Crippen molar-refractivity contribution < 1.29 is 9.53 Å². The van der Waals surface area contributed by atoms with Gasteiger partial charge in [0.15, 0.2) is 0 Å². The molecule has 1 heterocycles. The fourth-order valence-electron chi connectivity index (χ4n) is 2.54. The van der Waals surface area contributed by atoms with Crippen LogP contribution in [-0.2, 0) is 9.53 Å². The molecule has 3 atom stereocenters. The van der Waals surface area contributed by atoms with Crippen LogP contribution in [0.4, 0.5) is 0 Å². The predicted octanol–water partition coefficient (Wildman–Crippen LogP) is 0.612. The first-order valence-corrected chi connectivity index (χ1v) is 5.46. The minimum atomic E-state index is -0.611. The van der Waals surface area contributed by atoms with Crippen LogP contribution in [0.1, 0.15) is 34.1 Å². The molecular formula is C11H20N2O2. The minimum absolute atomic E-state index is 0.144. The summed E-state index contributed by atoms with van der Waals surface area (Å²) >= 11 is 0. The van der Waals surface area contributed by atoms with Crippen molar-refractivity contribution in [2.24, 2.45) is 17.1 Å². The first kappa shape index (κ1) is 10.9. The molecule has 0 aromatic heterocycles. The largest absolute Gasteiger partial charge is 0.459 e. The van der Waals surface area contributed by atoms with E-state index in [2.05, 4.69) is 5.32 Å². The molecule has 2 rings (SSSR count). The fourth-order valence-corrected chi connectivity index (χ4v) is 2.54. The molecule has 1 aliphatic heterocycles. The summed E-state index contributed by atoms with van der Waals surface area (Å²) in [4.78, 5) is 12.1. The van der Waals surface area contributed by atoms with Gasteiger partial charge in [-0.2, -0.15) is 0 Å². The van der Waals surface area contributed by atoms with Gasteiger partial charge in [-0.25, -0.2) is 0 Å². The van der Waals surface area contributed by atoms with Gasteiger partial charge in [0.2, 0.25) is 0 Å².